The van der Waals surface area contributed by atoms with Crippen LogP contribution in [0.4, 0.5) is 4.39 Å². The van der Waals surface area contributed by atoms with E-state index < -0.39 is 13.9 Å². The highest BCUT2D eigenvalue weighted by Crippen LogP contribution is 2.39. The zero-order chi connectivity index (χ0) is 15.6. The molecule has 0 unspecified atom stereocenters. The van der Waals surface area contributed by atoms with Gasteiger partial charge in [0, 0.05) is 18.1 Å². The number of rotatable bonds is 5. The van der Waals surface area contributed by atoms with Crippen LogP contribution in [-0.4, -0.2) is 21.0 Å². The summed E-state index contributed by atoms with van der Waals surface area (Å²) in [6.45, 7) is 11.3. The maximum atomic E-state index is 13.4. The molecule has 0 atom stereocenters. The molecule has 20 heavy (non-hydrogen) atoms. The monoisotopic (exact) mass is 296 g/mol. The van der Waals surface area contributed by atoms with E-state index in [0.29, 0.717) is 17.7 Å². The summed E-state index contributed by atoms with van der Waals surface area (Å²) >= 11 is 0. The summed E-state index contributed by atoms with van der Waals surface area (Å²) in [4.78, 5) is 12.2. The van der Waals surface area contributed by atoms with E-state index >= 15 is 0 Å². The first-order chi connectivity index (χ1) is 9.06. The van der Waals surface area contributed by atoms with E-state index in [1.807, 2.05) is 0 Å². The zero-order valence-electron chi connectivity index (χ0n) is 13.3. The molecule has 0 radical (unpaired) electrons. The number of ether oxygens (including phenoxy) is 1. The Bertz CT molecular complexity index is 490. The molecule has 0 bridgehead atoms. The summed E-state index contributed by atoms with van der Waals surface area (Å²) in [5, 5.41) is 0.257. The van der Waals surface area contributed by atoms with E-state index in [9.17, 15) is 9.18 Å². The molecule has 0 fully saturated rings. The maximum absolute atomic E-state index is 13.4. The van der Waals surface area contributed by atoms with Crippen LogP contribution in [0.2, 0.25) is 24.2 Å². The standard InChI is InChI=1S/C16H25FO2Si/c1-16(2,3)20(5,6)8-7-15(18)12-9-13(17)11-14(10-12)19-4/h9-11H,7-8H2,1-6H3. The minimum absolute atomic E-state index is 0.00683. The lowest BCUT2D eigenvalue weighted by Gasteiger charge is -2.36. The molecule has 0 aromatic heterocycles. The van der Waals surface area contributed by atoms with Crippen LogP contribution in [0.5, 0.6) is 5.75 Å². The minimum Gasteiger partial charge on any atom is -0.497 e. The molecule has 112 valence electrons. The molecular weight excluding hydrogens is 271 g/mol. The first-order valence-electron chi connectivity index (χ1n) is 6.94. The van der Waals surface area contributed by atoms with Gasteiger partial charge in [-0.2, -0.15) is 0 Å². The number of halogens is 1. The van der Waals surface area contributed by atoms with Gasteiger partial charge < -0.3 is 4.74 Å². The summed E-state index contributed by atoms with van der Waals surface area (Å²) in [5.74, 6) is -0.0478. The van der Waals surface area contributed by atoms with Gasteiger partial charge in [-0.15, -0.1) is 0 Å². The number of carbonyl (C=O) groups excluding carboxylic acids is 1. The highest BCUT2D eigenvalue weighted by atomic mass is 28.3. The molecule has 0 heterocycles. The fraction of sp³-hybridized carbons (Fsp3) is 0.562. The minimum atomic E-state index is -1.48. The number of carbonyl (C=O) groups is 1. The first-order valence-corrected chi connectivity index (χ1v) is 10.2. The van der Waals surface area contributed by atoms with Crippen LogP contribution >= 0.6 is 0 Å². The van der Waals surface area contributed by atoms with Crippen LogP contribution in [0.25, 0.3) is 0 Å². The third-order valence-corrected chi connectivity index (χ3v) is 10.00. The fourth-order valence-corrected chi connectivity index (χ4v) is 3.39. The Morgan fingerprint density at radius 1 is 1.25 bits per heavy atom. The first kappa shape index (κ1) is 16.9. The van der Waals surface area contributed by atoms with Gasteiger partial charge in [0.2, 0.25) is 0 Å². The van der Waals surface area contributed by atoms with Crippen molar-refractivity contribution in [1.29, 1.82) is 0 Å². The third kappa shape index (κ3) is 4.17. The molecule has 0 spiro atoms. The summed E-state index contributed by atoms with van der Waals surface area (Å²) < 4.78 is 18.4. The van der Waals surface area contributed by atoms with Crippen molar-refractivity contribution < 1.29 is 13.9 Å². The molecule has 0 N–H and O–H groups in total. The molecular formula is C16H25FO2Si. The number of benzene rings is 1. The number of hydrogen-bond donors (Lipinski definition) is 0. The molecule has 4 heteroatoms. The highest BCUT2D eigenvalue weighted by Gasteiger charge is 2.34. The molecule has 1 aromatic rings. The second-order valence-corrected chi connectivity index (χ2v) is 12.7. The molecule has 0 aliphatic rings. The number of ketones is 1. The third-order valence-electron chi connectivity index (χ3n) is 4.44. The van der Waals surface area contributed by atoms with Gasteiger partial charge in [-0.05, 0) is 23.2 Å². The van der Waals surface area contributed by atoms with Gasteiger partial charge in [-0.3, -0.25) is 4.79 Å². The Labute approximate surface area is 122 Å². The smallest absolute Gasteiger partial charge is 0.162 e. The van der Waals surface area contributed by atoms with Gasteiger partial charge in [-0.1, -0.05) is 33.9 Å². The number of Topliss-reactive ketones (excluding diaryl/α,β-unsaturated/α-hetero) is 1. The van der Waals surface area contributed by atoms with Gasteiger partial charge in [0.15, 0.2) is 5.78 Å². The molecule has 0 saturated carbocycles. The van der Waals surface area contributed by atoms with Crippen LogP contribution in [0, 0.1) is 5.82 Å². The van der Waals surface area contributed by atoms with Crippen LogP contribution in [0.15, 0.2) is 18.2 Å². The van der Waals surface area contributed by atoms with Gasteiger partial charge in [-0.25, -0.2) is 4.39 Å². The van der Waals surface area contributed by atoms with Crippen molar-refractivity contribution in [3.05, 3.63) is 29.6 Å². The lowest BCUT2D eigenvalue weighted by Crippen LogP contribution is -2.37. The van der Waals surface area contributed by atoms with E-state index in [-0.39, 0.29) is 10.8 Å². The quantitative estimate of drug-likeness (QED) is 0.569. The molecule has 2 nitrogen and oxygen atoms in total. The van der Waals surface area contributed by atoms with Crippen LogP contribution < -0.4 is 4.74 Å². The van der Waals surface area contributed by atoms with E-state index in [4.69, 9.17) is 4.74 Å². The van der Waals surface area contributed by atoms with Crippen molar-refractivity contribution in [1.82, 2.24) is 0 Å². The lowest BCUT2D eigenvalue weighted by atomic mass is 10.1. The van der Waals surface area contributed by atoms with E-state index in [0.717, 1.165) is 6.04 Å². The van der Waals surface area contributed by atoms with Crippen LogP contribution in [0.3, 0.4) is 0 Å². The van der Waals surface area contributed by atoms with Crippen molar-refractivity contribution in [3.8, 4) is 5.75 Å². The van der Waals surface area contributed by atoms with Gasteiger partial charge >= 0.3 is 0 Å². The van der Waals surface area contributed by atoms with E-state index in [2.05, 4.69) is 33.9 Å². The second kappa shape index (κ2) is 6.08. The molecule has 0 aliphatic carbocycles. The van der Waals surface area contributed by atoms with Crippen molar-refractivity contribution in [3.63, 3.8) is 0 Å². The molecule has 1 rings (SSSR count). The van der Waals surface area contributed by atoms with Gasteiger partial charge in [0.05, 0.1) is 15.2 Å². The second-order valence-electron chi connectivity index (χ2n) is 6.94. The Morgan fingerprint density at radius 3 is 2.35 bits per heavy atom. The Morgan fingerprint density at radius 2 is 1.85 bits per heavy atom. The van der Waals surface area contributed by atoms with Crippen molar-refractivity contribution in [2.75, 3.05) is 7.11 Å². The van der Waals surface area contributed by atoms with E-state index in [1.165, 1.54) is 19.2 Å². The summed E-state index contributed by atoms with van der Waals surface area (Å²) in [5.41, 5.74) is 0.403. The van der Waals surface area contributed by atoms with Crippen molar-refractivity contribution in [2.45, 2.75) is 51.4 Å². The van der Waals surface area contributed by atoms with E-state index in [1.54, 1.807) is 6.07 Å². The number of hydrogen-bond acceptors (Lipinski definition) is 2. The predicted molar refractivity (Wildman–Crippen MR) is 83.9 cm³/mol. The average molecular weight is 296 g/mol. The van der Waals surface area contributed by atoms with Gasteiger partial charge in [0.25, 0.3) is 0 Å². The largest absolute Gasteiger partial charge is 0.497 e. The Balaban J connectivity index is 2.80. The molecule has 0 aliphatic heterocycles. The average Bonchev–Trinajstić information content (AvgIpc) is 2.33. The normalized spacial score (nSPS) is 12.3. The van der Waals surface area contributed by atoms with Crippen molar-refractivity contribution in [2.24, 2.45) is 0 Å². The Kier molecular flexibility index (Phi) is 5.14. The SMILES string of the molecule is COc1cc(F)cc(C(=O)CC[Si](C)(C)C(C)(C)C)c1. The summed E-state index contributed by atoms with van der Waals surface area (Å²) in [7, 11) is -0.0110. The predicted octanol–water partition coefficient (Wildman–Crippen LogP) is 4.92. The molecule has 1 aromatic carbocycles. The van der Waals surface area contributed by atoms with Crippen molar-refractivity contribution >= 4 is 13.9 Å². The number of methoxy groups -OCH3 is 1. The maximum Gasteiger partial charge on any atom is 0.162 e. The lowest BCUT2D eigenvalue weighted by molar-refractivity contribution is 0.0986. The fourth-order valence-electron chi connectivity index (χ4n) is 1.79. The Hall–Kier alpha value is -1.16. The summed E-state index contributed by atoms with van der Waals surface area (Å²) in [6.07, 6.45) is 0.475. The zero-order valence-corrected chi connectivity index (χ0v) is 14.3. The van der Waals surface area contributed by atoms with Crippen LogP contribution in [-0.2, 0) is 0 Å². The topological polar surface area (TPSA) is 26.3 Å². The highest BCUT2D eigenvalue weighted by molar-refractivity contribution is 6.80. The molecule has 0 amide bonds. The molecule has 0 saturated heterocycles. The van der Waals surface area contributed by atoms with Crippen LogP contribution in [0.1, 0.15) is 37.6 Å². The van der Waals surface area contributed by atoms with Gasteiger partial charge in [0.1, 0.15) is 11.6 Å². The summed E-state index contributed by atoms with van der Waals surface area (Å²) in [6, 6.07) is 5.09.